The summed E-state index contributed by atoms with van der Waals surface area (Å²) in [5.74, 6) is 0. The van der Waals surface area contributed by atoms with E-state index in [0.29, 0.717) is 6.61 Å². The van der Waals surface area contributed by atoms with E-state index in [2.05, 4.69) is 24.4 Å². The van der Waals surface area contributed by atoms with Gasteiger partial charge in [-0.05, 0) is 12.5 Å². The molecule has 3 heteroatoms. The predicted molar refractivity (Wildman–Crippen MR) is 67.7 cm³/mol. The third-order valence-corrected chi connectivity index (χ3v) is 3.07. The quantitative estimate of drug-likeness (QED) is 0.760. The largest absolute Gasteiger partial charge is 0.395 e. The van der Waals surface area contributed by atoms with Gasteiger partial charge in [0.2, 0.25) is 0 Å². The number of nitrogens with one attached hydrogen (secondary N) is 1. The molecule has 1 aromatic rings. The number of ether oxygens (including phenoxy) is 1. The Hall–Kier alpha value is -1.16. The van der Waals surface area contributed by atoms with Crippen molar-refractivity contribution in [3.8, 4) is 0 Å². The van der Waals surface area contributed by atoms with Crippen LogP contribution in [-0.4, -0.2) is 30.5 Å². The van der Waals surface area contributed by atoms with Crippen LogP contribution in [0.1, 0.15) is 18.5 Å². The zero-order valence-electron chi connectivity index (χ0n) is 10.0. The molecule has 0 bridgehead atoms. The highest BCUT2D eigenvalue weighted by Crippen LogP contribution is 2.15. The Morgan fingerprint density at radius 1 is 1.41 bits per heavy atom. The Kier molecular flexibility index (Phi) is 4.31. The fraction of sp³-hybridized carbons (Fsp3) is 0.429. The topological polar surface area (TPSA) is 41.5 Å². The number of rotatable bonds is 5. The van der Waals surface area contributed by atoms with Crippen LogP contribution in [0, 0.1) is 0 Å². The number of aliphatic hydroxyl groups excluding tert-OH is 1. The Balaban J connectivity index is 1.96. The zero-order valence-corrected chi connectivity index (χ0v) is 10.0. The van der Waals surface area contributed by atoms with Gasteiger partial charge in [-0.2, -0.15) is 0 Å². The summed E-state index contributed by atoms with van der Waals surface area (Å²) in [5.41, 5.74) is 1.22. The van der Waals surface area contributed by atoms with E-state index < -0.39 is 0 Å². The monoisotopic (exact) mass is 233 g/mol. The molecular formula is C14H19NO2. The molecule has 0 spiro atoms. The second-order valence-corrected chi connectivity index (χ2v) is 4.31. The van der Waals surface area contributed by atoms with E-state index in [9.17, 15) is 5.11 Å². The lowest BCUT2D eigenvalue weighted by molar-refractivity contribution is 0.0670. The summed E-state index contributed by atoms with van der Waals surface area (Å²) in [4.78, 5) is 0. The van der Waals surface area contributed by atoms with Gasteiger partial charge in [0.05, 0.1) is 25.4 Å². The molecule has 3 nitrogen and oxygen atoms in total. The van der Waals surface area contributed by atoms with Crippen molar-refractivity contribution in [2.45, 2.75) is 25.1 Å². The minimum atomic E-state index is -0.0519. The third kappa shape index (κ3) is 3.16. The van der Waals surface area contributed by atoms with Gasteiger partial charge in [0.25, 0.3) is 0 Å². The van der Waals surface area contributed by atoms with E-state index in [1.165, 1.54) is 5.56 Å². The minimum Gasteiger partial charge on any atom is -0.395 e. The average molecular weight is 233 g/mol. The SMILES string of the molecule is CC(NC(CO)C1C=CCO1)c1ccccc1. The van der Waals surface area contributed by atoms with Crippen LogP contribution in [0.25, 0.3) is 0 Å². The second kappa shape index (κ2) is 5.96. The van der Waals surface area contributed by atoms with E-state index in [-0.39, 0.29) is 24.8 Å². The van der Waals surface area contributed by atoms with Gasteiger partial charge in [-0.3, -0.25) is 0 Å². The number of aliphatic hydroxyl groups is 1. The van der Waals surface area contributed by atoms with Crippen LogP contribution in [-0.2, 0) is 4.74 Å². The lowest BCUT2D eigenvalue weighted by Gasteiger charge is -2.25. The summed E-state index contributed by atoms with van der Waals surface area (Å²) in [6, 6.07) is 10.4. The molecule has 0 saturated carbocycles. The molecular weight excluding hydrogens is 214 g/mol. The first-order chi connectivity index (χ1) is 8.31. The molecule has 1 aliphatic heterocycles. The van der Waals surface area contributed by atoms with Crippen LogP contribution in [0.2, 0.25) is 0 Å². The normalized spacial score (nSPS) is 22.6. The van der Waals surface area contributed by atoms with Gasteiger partial charge >= 0.3 is 0 Å². The van der Waals surface area contributed by atoms with Gasteiger partial charge in [-0.15, -0.1) is 0 Å². The van der Waals surface area contributed by atoms with Crippen molar-refractivity contribution < 1.29 is 9.84 Å². The van der Waals surface area contributed by atoms with Crippen molar-refractivity contribution in [1.82, 2.24) is 5.32 Å². The molecule has 3 atom stereocenters. The van der Waals surface area contributed by atoms with E-state index in [0.717, 1.165) is 0 Å². The van der Waals surface area contributed by atoms with E-state index in [4.69, 9.17) is 4.74 Å². The number of hydrogen-bond donors (Lipinski definition) is 2. The van der Waals surface area contributed by atoms with Crippen LogP contribution < -0.4 is 5.32 Å². The Labute approximate surface area is 102 Å². The zero-order chi connectivity index (χ0) is 12.1. The smallest absolute Gasteiger partial charge is 0.0936 e. The second-order valence-electron chi connectivity index (χ2n) is 4.31. The summed E-state index contributed by atoms with van der Waals surface area (Å²) in [7, 11) is 0. The summed E-state index contributed by atoms with van der Waals surface area (Å²) >= 11 is 0. The van der Waals surface area contributed by atoms with Crippen molar-refractivity contribution in [1.29, 1.82) is 0 Å². The first-order valence-corrected chi connectivity index (χ1v) is 6.01. The molecule has 2 rings (SSSR count). The lowest BCUT2D eigenvalue weighted by atomic mass is 10.1. The predicted octanol–water partition coefficient (Wildman–Crippen LogP) is 1.65. The highest BCUT2D eigenvalue weighted by Gasteiger charge is 2.23. The maximum Gasteiger partial charge on any atom is 0.0936 e. The third-order valence-electron chi connectivity index (χ3n) is 3.07. The van der Waals surface area contributed by atoms with Crippen molar-refractivity contribution in [3.63, 3.8) is 0 Å². The Bertz CT molecular complexity index is 364. The van der Waals surface area contributed by atoms with Crippen LogP contribution in [0.15, 0.2) is 42.5 Å². The fourth-order valence-corrected chi connectivity index (χ4v) is 2.07. The van der Waals surface area contributed by atoms with E-state index in [1.807, 2.05) is 30.4 Å². The first-order valence-electron chi connectivity index (χ1n) is 6.01. The van der Waals surface area contributed by atoms with Crippen LogP contribution in [0.3, 0.4) is 0 Å². The lowest BCUT2D eigenvalue weighted by Crippen LogP contribution is -2.43. The van der Waals surface area contributed by atoms with E-state index in [1.54, 1.807) is 0 Å². The molecule has 1 heterocycles. The average Bonchev–Trinajstić information content (AvgIpc) is 2.90. The van der Waals surface area contributed by atoms with E-state index >= 15 is 0 Å². The molecule has 0 amide bonds. The minimum absolute atomic E-state index is 0.0221. The molecule has 92 valence electrons. The van der Waals surface area contributed by atoms with Gasteiger partial charge in [0.1, 0.15) is 0 Å². The maximum atomic E-state index is 9.41. The van der Waals surface area contributed by atoms with Crippen LogP contribution in [0.4, 0.5) is 0 Å². The molecule has 1 aliphatic rings. The number of benzene rings is 1. The molecule has 17 heavy (non-hydrogen) atoms. The summed E-state index contributed by atoms with van der Waals surface area (Å²) in [6.07, 6.45) is 3.97. The highest BCUT2D eigenvalue weighted by atomic mass is 16.5. The molecule has 3 unspecified atom stereocenters. The Morgan fingerprint density at radius 2 is 2.18 bits per heavy atom. The van der Waals surface area contributed by atoms with Crippen LogP contribution in [0.5, 0.6) is 0 Å². The van der Waals surface area contributed by atoms with Gasteiger partial charge in [-0.25, -0.2) is 0 Å². The summed E-state index contributed by atoms with van der Waals surface area (Å²) in [6.45, 7) is 2.81. The molecule has 0 saturated heterocycles. The maximum absolute atomic E-state index is 9.41. The summed E-state index contributed by atoms with van der Waals surface area (Å²) in [5, 5.41) is 12.8. The van der Waals surface area contributed by atoms with Crippen molar-refractivity contribution >= 4 is 0 Å². The standard InChI is InChI=1S/C14H19NO2/c1-11(12-6-3-2-4-7-12)15-13(10-16)14-8-5-9-17-14/h2-8,11,13-16H,9-10H2,1H3. The van der Waals surface area contributed by atoms with Crippen molar-refractivity contribution in [2.24, 2.45) is 0 Å². The molecule has 0 radical (unpaired) electrons. The molecule has 0 aromatic heterocycles. The van der Waals surface area contributed by atoms with Gasteiger partial charge in [-0.1, -0.05) is 42.5 Å². The van der Waals surface area contributed by atoms with Gasteiger partial charge in [0.15, 0.2) is 0 Å². The van der Waals surface area contributed by atoms with Crippen LogP contribution >= 0.6 is 0 Å². The van der Waals surface area contributed by atoms with Gasteiger partial charge < -0.3 is 15.2 Å². The van der Waals surface area contributed by atoms with Crippen molar-refractivity contribution in [2.75, 3.05) is 13.2 Å². The highest BCUT2D eigenvalue weighted by molar-refractivity contribution is 5.18. The van der Waals surface area contributed by atoms with Gasteiger partial charge in [0, 0.05) is 6.04 Å². The number of hydrogen-bond acceptors (Lipinski definition) is 3. The summed E-state index contributed by atoms with van der Waals surface area (Å²) < 4.78 is 5.51. The fourth-order valence-electron chi connectivity index (χ4n) is 2.07. The Morgan fingerprint density at radius 3 is 2.76 bits per heavy atom. The molecule has 1 aromatic carbocycles. The molecule has 0 fully saturated rings. The van der Waals surface area contributed by atoms with Crippen molar-refractivity contribution in [3.05, 3.63) is 48.0 Å². The molecule has 0 aliphatic carbocycles. The first kappa shape index (κ1) is 12.3. The molecule has 2 N–H and O–H groups in total.